The van der Waals surface area contributed by atoms with Crippen LogP contribution in [0.5, 0.6) is 0 Å². The Bertz CT molecular complexity index is 1440. The molecule has 0 unspecified atom stereocenters. The van der Waals surface area contributed by atoms with E-state index in [2.05, 4.69) is 121 Å². The Kier molecular flexibility index (Phi) is 3.63. The van der Waals surface area contributed by atoms with Gasteiger partial charge in [0.05, 0.1) is 5.41 Å². The first kappa shape index (κ1) is 17.7. The molecule has 32 heavy (non-hydrogen) atoms. The minimum atomic E-state index is -0.302. The third-order valence-electron chi connectivity index (χ3n) is 7.37. The Morgan fingerprint density at radius 3 is 1.66 bits per heavy atom. The van der Waals surface area contributed by atoms with Gasteiger partial charge >= 0.3 is 0 Å². The van der Waals surface area contributed by atoms with Gasteiger partial charge in [-0.25, -0.2) is 0 Å². The second-order valence-corrected chi connectivity index (χ2v) is 8.88. The zero-order chi connectivity index (χ0) is 21.1. The molecule has 0 aromatic heterocycles. The molecule has 2 aliphatic carbocycles. The summed E-state index contributed by atoms with van der Waals surface area (Å²) < 4.78 is 0. The number of hydrogen-bond donors (Lipinski definition) is 0. The maximum Gasteiger partial charge on any atom is 0.0725 e. The Hall–Kier alpha value is -3.90. The summed E-state index contributed by atoms with van der Waals surface area (Å²) in [7, 11) is 0. The molecule has 0 heterocycles. The summed E-state index contributed by atoms with van der Waals surface area (Å²) in [4.78, 5) is 0. The molecule has 1 spiro atoms. The second-order valence-electron chi connectivity index (χ2n) is 8.88. The van der Waals surface area contributed by atoms with Gasteiger partial charge in [-0.1, -0.05) is 121 Å². The van der Waals surface area contributed by atoms with Gasteiger partial charge in [0.15, 0.2) is 0 Å². The zero-order valence-corrected chi connectivity index (χ0v) is 17.8. The van der Waals surface area contributed by atoms with Crippen LogP contribution in [-0.4, -0.2) is 0 Å². The molecule has 0 radical (unpaired) electrons. The molecule has 0 fully saturated rings. The largest absolute Gasteiger partial charge is 0.0725 e. The van der Waals surface area contributed by atoms with Crippen molar-refractivity contribution < 1.29 is 0 Å². The second kappa shape index (κ2) is 6.55. The molecular formula is C32H22. The highest BCUT2D eigenvalue weighted by molar-refractivity contribution is 5.93. The van der Waals surface area contributed by atoms with E-state index >= 15 is 0 Å². The van der Waals surface area contributed by atoms with Gasteiger partial charge < -0.3 is 0 Å². The lowest BCUT2D eigenvalue weighted by atomic mass is 9.60. The monoisotopic (exact) mass is 406 g/mol. The van der Waals surface area contributed by atoms with Crippen molar-refractivity contribution in [1.82, 2.24) is 0 Å². The van der Waals surface area contributed by atoms with Crippen molar-refractivity contribution in [3.05, 3.63) is 155 Å². The Labute approximate surface area is 188 Å². The van der Waals surface area contributed by atoms with Gasteiger partial charge in [-0.15, -0.1) is 0 Å². The summed E-state index contributed by atoms with van der Waals surface area (Å²) in [6.45, 7) is 0. The van der Waals surface area contributed by atoms with Gasteiger partial charge in [0.25, 0.3) is 0 Å². The van der Waals surface area contributed by atoms with E-state index in [0.29, 0.717) is 0 Å². The van der Waals surface area contributed by atoms with Crippen molar-refractivity contribution in [3.8, 4) is 22.3 Å². The molecule has 0 atom stereocenters. The van der Waals surface area contributed by atoms with E-state index in [-0.39, 0.29) is 5.41 Å². The van der Waals surface area contributed by atoms with Crippen molar-refractivity contribution in [2.24, 2.45) is 0 Å². The van der Waals surface area contributed by atoms with E-state index in [9.17, 15) is 0 Å². The van der Waals surface area contributed by atoms with Gasteiger partial charge in [-0.2, -0.15) is 0 Å². The Morgan fingerprint density at radius 2 is 0.938 bits per heavy atom. The molecule has 0 N–H and O–H groups in total. The van der Waals surface area contributed by atoms with Crippen LogP contribution < -0.4 is 0 Å². The molecule has 0 heteroatoms. The number of fused-ring (bicyclic) bond motifs is 9. The van der Waals surface area contributed by atoms with Gasteiger partial charge in [-0.3, -0.25) is 0 Å². The molecule has 0 aliphatic heterocycles. The molecule has 0 nitrogen and oxygen atoms in total. The molecule has 5 aromatic rings. The minimum absolute atomic E-state index is 0.302. The topological polar surface area (TPSA) is 0 Å². The van der Waals surface area contributed by atoms with Crippen LogP contribution in [0.3, 0.4) is 0 Å². The van der Waals surface area contributed by atoms with E-state index in [1.807, 2.05) is 0 Å². The van der Waals surface area contributed by atoms with E-state index in [4.69, 9.17) is 0 Å². The number of rotatable bonds is 1. The molecule has 0 saturated carbocycles. The molecule has 0 saturated heterocycles. The highest BCUT2D eigenvalue weighted by Gasteiger charge is 2.50. The molecule has 150 valence electrons. The first-order valence-electron chi connectivity index (χ1n) is 11.3. The summed E-state index contributed by atoms with van der Waals surface area (Å²) in [5, 5.41) is 0. The normalized spacial score (nSPS) is 14.4. The SMILES string of the molecule is c1ccc(-c2cccc3c2C2(c4ccccc4Cc4ccccc42)c2ccccc2-3)cc1. The third-order valence-corrected chi connectivity index (χ3v) is 7.37. The van der Waals surface area contributed by atoms with Gasteiger partial charge in [0, 0.05) is 0 Å². The minimum Gasteiger partial charge on any atom is -0.0622 e. The van der Waals surface area contributed by atoms with Gasteiger partial charge in [0.1, 0.15) is 0 Å². The number of benzene rings is 5. The maximum absolute atomic E-state index is 2.36. The van der Waals surface area contributed by atoms with Crippen LogP contribution >= 0.6 is 0 Å². The van der Waals surface area contributed by atoms with Crippen LogP contribution in [0.15, 0.2) is 121 Å². The van der Waals surface area contributed by atoms with Gasteiger partial charge in [0.2, 0.25) is 0 Å². The van der Waals surface area contributed by atoms with Crippen LogP contribution in [0, 0.1) is 0 Å². The molecule has 2 aliphatic rings. The van der Waals surface area contributed by atoms with Crippen LogP contribution in [0.2, 0.25) is 0 Å². The zero-order valence-electron chi connectivity index (χ0n) is 17.8. The molecule has 7 rings (SSSR count). The highest BCUT2D eigenvalue weighted by atomic mass is 14.5. The first-order chi connectivity index (χ1) is 15.9. The molecule has 5 aromatic carbocycles. The van der Waals surface area contributed by atoms with Crippen molar-refractivity contribution in [3.63, 3.8) is 0 Å². The van der Waals surface area contributed by atoms with Crippen LogP contribution in [0.4, 0.5) is 0 Å². The predicted octanol–water partition coefficient (Wildman–Crippen LogP) is 7.62. The third kappa shape index (κ3) is 2.17. The molecular weight excluding hydrogens is 384 g/mol. The van der Waals surface area contributed by atoms with Crippen LogP contribution in [-0.2, 0) is 11.8 Å². The first-order valence-corrected chi connectivity index (χ1v) is 11.3. The summed E-state index contributed by atoms with van der Waals surface area (Å²) >= 11 is 0. The van der Waals surface area contributed by atoms with E-state index in [1.165, 1.54) is 55.6 Å². The smallest absolute Gasteiger partial charge is 0.0622 e. The fraction of sp³-hybridized carbons (Fsp3) is 0.0625. The van der Waals surface area contributed by atoms with Crippen molar-refractivity contribution >= 4 is 0 Å². The Morgan fingerprint density at radius 1 is 0.406 bits per heavy atom. The lowest BCUT2D eigenvalue weighted by molar-refractivity contribution is 0.723. The molecule has 0 bridgehead atoms. The summed E-state index contributed by atoms with van der Waals surface area (Å²) in [6, 6.07) is 44.9. The van der Waals surface area contributed by atoms with Crippen LogP contribution in [0.25, 0.3) is 22.3 Å². The standard InChI is InChI=1S/C32H22/c1-2-11-22(12-3-1)25-16-10-17-27-26-15-6-9-20-30(26)32(31(25)27)28-18-7-4-13-23(28)21-24-14-5-8-19-29(24)32/h1-20H,21H2. The van der Waals surface area contributed by atoms with Crippen molar-refractivity contribution in [2.75, 3.05) is 0 Å². The average molecular weight is 407 g/mol. The summed E-state index contributed by atoms with van der Waals surface area (Å²) in [5.41, 5.74) is 13.5. The van der Waals surface area contributed by atoms with E-state index < -0.39 is 0 Å². The van der Waals surface area contributed by atoms with E-state index in [1.54, 1.807) is 0 Å². The van der Waals surface area contributed by atoms with Gasteiger partial charge in [-0.05, 0) is 62.1 Å². The van der Waals surface area contributed by atoms with E-state index in [0.717, 1.165) is 6.42 Å². The number of hydrogen-bond acceptors (Lipinski definition) is 0. The van der Waals surface area contributed by atoms with Crippen molar-refractivity contribution in [2.45, 2.75) is 11.8 Å². The fourth-order valence-corrected chi connectivity index (χ4v) is 6.21. The average Bonchev–Trinajstić information content (AvgIpc) is 3.16. The summed E-state index contributed by atoms with van der Waals surface area (Å²) in [6.07, 6.45) is 0.985. The van der Waals surface area contributed by atoms with Crippen LogP contribution in [0.1, 0.15) is 33.4 Å². The van der Waals surface area contributed by atoms with Crippen molar-refractivity contribution in [1.29, 1.82) is 0 Å². The molecule has 0 amide bonds. The summed E-state index contributed by atoms with van der Waals surface area (Å²) in [5.74, 6) is 0. The lowest BCUT2D eigenvalue weighted by Gasteiger charge is -2.41. The Balaban J connectivity index is 1.72. The lowest BCUT2D eigenvalue weighted by Crippen LogP contribution is -2.34. The highest BCUT2D eigenvalue weighted by Crippen LogP contribution is 2.61. The fourth-order valence-electron chi connectivity index (χ4n) is 6.21. The quantitative estimate of drug-likeness (QED) is 0.263. The predicted molar refractivity (Wildman–Crippen MR) is 132 cm³/mol. The maximum atomic E-state index is 2.36.